The van der Waals surface area contributed by atoms with Crippen molar-refractivity contribution in [2.75, 3.05) is 70.3 Å². The Bertz CT molecular complexity index is 860. The SMILES string of the molecule is CC.CCN(CC)CCCN1CCN(CCCN2/C=C/CC/C=C(\C)Sc3ccc(C(F)(F)F)cc32)CC1. The molecule has 2 heterocycles. The quantitative estimate of drug-likeness (QED) is 0.295. The molecular weight excluding hydrogens is 505 g/mol. The maximum absolute atomic E-state index is 13.5. The molecule has 2 aliphatic rings. The number of fused-ring (bicyclic) bond motifs is 1. The molecule has 1 saturated heterocycles. The summed E-state index contributed by atoms with van der Waals surface area (Å²) in [6.07, 6.45) is 5.85. The number of rotatable bonds is 10. The molecular formula is C30H49F3N4S. The van der Waals surface area contributed by atoms with E-state index in [9.17, 15) is 13.2 Å². The second kappa shape index (κ2) is 17.3. The Morgan fingerprint density at radius 1 is 0.895 bits per heavy atom. The zero-order valence-electron chi connectivity index (χ0n) is 24.2. The molecule has 0 bridgehead atoms. The molecule has 0 amide bonds. The van der Waals surface area contributed by atoms with Crippen LogP contribution in [0.3, 0.4) is 0 Å². The number of hydrogen-bond donors (Lipinski definition) is 0. The number of allylic oxidation sites excluding steroid dienone is 3. The number of nitrogens with zero attached hydrogens (tertiary/aromatic N) is 4. The zero-order valence-corrected chi connectivity index (χ0v) is 25.0. The first-order valence-corrected chi connectivity index (χ1v) is 15.3. The minimum atomic E-state index is -4.35. The van der Waals surface area contributed by atoms with Gasteiger partial charge in [-0.3, -0.25) is 0 Å². The van der Waals surface area contributed by atoms with Gasteiger partial charge >= 0.3 is 6.18 Å². The van der Waals surface area contributed by atoms with Crippen LogP contribution < -0.4 is 4.90 Å². The summed E-state index contributed by atoms with van der Waals surface area (Å²) in [4.78, 5) is 11.6. The molecule has 4 nitrogen and oxygen atoms in total. The van der Waals surface area contributed by atoms with Crippen molar-refractivity contribution in [1.29, 1.82) is 0 Å². The highest BCUT2D eigenvalue weighted by Crippen LogP contribution is 2.40. The number of alkyl halides is 3. The van der Waals surface area contributed by atoms with Gasteiger partial charge < -0.3 is 19.6 Å². The summed E-state index contributed by atoms with van der Waals surface area (Å²) < 4.78 is 40.5. The topological polar surface area (TPSA) is 13.0 Å². The van der Waals surface area contributed by atoms with Crippen molar-refractivity contribution in [2.24, 2.45) is 0 Å². The summed E-state index contributed by atoms with van der Waals surface area (Å²) in [5.41, 5.74) is 0.0646. The van der Waals surface area contributed by atoms with Crippen LogP contribution in [0.1, 0.15) is 65.9 Å². The van der Waals surface area contributed by atoms with Gasteiger partial charge in [-0.2, -0.15) is 13.2 Å². The number of hydrogen-bond acceptors (Lipinski definition) is 5. The van der Waals surface area contributed by atoms with E-state index in [4.69, 9.17) is 0 Å². The highest BCUT2D eigenvalue weighted by molar-refractivity contribution is 8.03. The fraction of sp³-hybridized carbons (Fsp3) is 0.667. The van der Waals surface area contributed by atoms with E-state index in [1.165, 1.54) is 25.1 Å². The average Bonchev–Trinajstić information content (AvgIpc) is 2.91. The average molecular weight is 555 g/mol. The van der Waals surface area contributed by atoms with Gasteiger partial charge in [-0.25, -0.2) is 0 Å². The van der Waals surface area contributed by atoms with E-state index in [1.54, 1.807) is 17.8 Å². The number of halogens is 3. The Morgan fingerprint density at radius 2 is 1.53 bits per heavy atom. The maximum Gasteiger partial charge on any atom is 0.416 e. The first-order chi connectivity index (χ1) is 18.3. The minimum absolute atomic E-state index is 0.587. The fourth-order valence-electron chi connectivity index (χ4n) is 4.84. The maximum atomic E-state index is 13.5. The van der Waals surface area contributed by atoms with E-state index in [2.05, 4.69) is 40.7 Å². The third-order valence-electron chi connectivity index (χ3n) is 7.10. The van der Waals surface area contributed by atoms with Crippen molar-refractivity contribution in [3.63, 3.8) is 0 Å². The Hall–Kier alpha value is -1.48. The smallest absolute Gasteiger partial charge is 0.347 e. The van der Waals surface area contributed by atoms with Crippen LogP contribution in [0.15, 0.2) is 46.4 Å². The first kappa shape index (κ1) is 32.7. The lowest BCUT2D eigenvalue weighted by molar-refractivity contribution is -0.137. The molecule has 2 aliphatic heterocycles. The van der Waals surface area contributed by atoms with Crippen LogP contribution in [-0.4, -0.2) is 80.1 Å². The van der Waals surface area contributed by atoms with Gasteiger partial charge in [-0.1, -0.05) is 51.6 Å². The lowest BCUT2D eigenvalue weighted by atomic mass is 10.1. The van der Waals surface area contributed by atoms with Gasteiger partial charge in [0.25, 0.3) is 0 Å². The molecule has 0 radical (unpaired) electrons. The number of thioether (sulfide) groups is 1. The largest absolute Gasteiger partial charge is 0.416 e. The van der Waals surface area contributed by atoms with Crippen LogP contribution in [0.4, 0.5) is 18.9 Å². The zero-order chi connectivity index (χ0) is 28.0. The van der Waals surface area contributed by atoms with Crippen molar-refractivity contribution in [2.45, 2.75) is 71.4 Å². The summed E-state index contributed by atoms with van der Waals surface area (Å²) in [6.45, 7) is 21.0. The van der Waals surface area contributed by atoms with Crippen LogP contribution in [0.5, 0.6) is 0 Å². The van der Waals surface area contributed by atoms with Crippen LogP contribution in [0, 0.1) is 0 Å². The summed E-state index contributed by atoms with van der Waals surface area (Å²) in [5, 5.41) is 0. The lowest BCUT2D eigenvalue weighted by Crippen LogP contribution is -2.47. The molecule has 0 N–H and O–H groups in total. The second-order valence-electron chi connectivity index (χ2n) is 9.67. The van der Waals surface area contributed by atoms with E-state index in [0.717, 1.165) is 81.4 Å². The fourth-order valence-corrected chi connectivity index (χ4v) is 5.80. The number of piperazine rings is 1. The number of benzene rings is 1. The molecule has 216 valence electrons. The van der Waals surface area contributed by atoms with E-state index in [0.29, 0.717) is 12.2 Å². The van der Waals surface area contributed by atoms with Crippen molar-refractivity contribution < 1.29 is 13.2 Å². The summed E-state index contributed by atoms with van der Waals surface area (Å²) in [5.74, 6) is 0. The van der Waals surface area contributed by atoms with Gasteiger partial charge in [-0.05, 0) is 88.4 Å². The Balaban J connectivity index is 0.00000247. The third kappa shape index (κ3) is 10.9. The van der Waals surface area contributed by atoms with Gasteiger partial charge in [0.1, 0.15) is 0 Å². The molecule has 1 aromatic carbocycles. The molecule has 0 aromatic heterocycles. The highest BCUT2D eigenvalue weighted by atomic mass is 32.2. The lowest BCUT2D eigenvalue weighted by Gasteiger charge is -2.35. The van der Waals surface area contributed by atoms with E-state index >= 15 is 0 Å². The Morgan fingerprint density at radius 3 is 2.13 bits per heavy atom. The molecule has 3 rings (SSSR count). The Kier molecular flexibility index (Phi) is 14.9. The van der Waals surface area contributed by atoms with E-state index < -0.39 is 11.7 Å². The molecule has 8 heteroatoms. The molecule has 0 unspecified atom stereocenters. The van der Waals surface area contributed by atoms with Crippen LogP contribution in [0.2, 0.25) is 0 Å². The van der Waals surface area contributed by atoms with Crippen molar-refractivity contribution in [1.82, 2.24) is 14.7 Å². The summed E-state index contributed by atoms with van der Waals surface area (Å²) in [7, 11) is 0. The third-order valence-corrected chi connectivity index (χ3v) is 8.15. The molecule has 0 spiro atoms. The predicted molar refractivity (Wildman–Crippen MR) is 158 cm³/mol. The monoisotopic (exact) mass is 554 g/mol. The highest BCUT2D eigenvalue weighted by Gasteiger charge is 2.31. The van der Waals surface area contributed by atoms with E-state index in [-0.39, 0.29) is 0 Å². The molecule has 1 aromatic rings. The summed E-state index contributed by atoms with van der Waals surface area (Å²) >= 11 is 1.56. The molecule has 0 saturated carbocycles. The second-order valence-corrected chi connectivity index (χ2v) is 11.0. The normalized spacial score (nSPS) is 19.8. The van der Waals surface area contributed by atoms with E-state index in [1.807, 2.05) is 31.9 Å². The Labute approximate surface area is 233 Å². The van der Waals surface area contributed by atoms with Gasteiger partial charge in [-0.15, -0.1) is 0 Å². The van der Waals surface area contributed by atoms with Gasteiger partial charge in [0.2, 0.25) is 0 Å². The standard InChI is InChI=1S/C28H43F3N4S.C2H6/c1-4-32(5-2)14-9-15-33-19-21-34(22-20-33)16-10-18-35-17-8-6-7-11-24(3)36-27-13-12-25(23-26(27)35)28(29,30)31;1-2/h8,11-13,17,23H,4-7,9-10,14-16,18-22H2,1-3H3;1-2H3/b17-8+,24-11+;. The minimum Gasteiger partial charge on any atom is -0.347 e. The van der Waals surface area contributed by atoms with Crippen LogP contribution >= 0.6 is 11.8 Å². The molecule has 1 fully saturated rings. The van der Waals surface area contributed by atoms with Crippen molar-refractivity contribution in [3.05, 3.63) is 47.0 Å². The predicted octanol–water partition coefficient (Wildman–Crippen LogP) is 7.58. The molecule has 0 aliphatic carbocycles. The molecule has 38 heavy (non-hydrogen) atoms. The molecule has 0 atom stereocenters. The number of anilines is 1. The summed E-state index contributed by atoms with van der Waals surface area (Å²) in [6, 6.07) is 4.15. The van der Waals surface area contributed by atoms with Gasteiger partial charge in [0.15, 0.2) is 0 Å². The van der Waals surface area contributed by atoms with Crippen LogP contribution in [0.25, 0.3) is 0 Å². The van der Waals surface area contributed by atoms with Crippen molar-refractivity contribution in [3.8, 4) is 0 Å². The van der Waals surface area contributed by atoms with Crippen LogP contribution in [-0.2, 0) is 6.18 Å². The van der Waals surface area contributed by atoms with Gasteiger partial charge in [0.05, 0.1) is 11.3 Å². The van der Waals surface area contributed by atoms with Gasteiger partial charge in [0, 0.05) is 43.8 Å². The first-order valence-electron chi connectivity index (χ1n) is 14.5. The van der Waals surface area contributed by atoms with Crippen molar-refractivity contribution >= 4 is 17.4 Å².